The largest absolute Gasteiger partial charge is 0.359 e. The van der Waals surface area contributed by atoms with E-state index in [4.69, 9.17) is 4.84 Å². The highest BCUT2D eigenvalue weighted by molar-refractivity contribution is 7.98. The predicted molar refractivity (Wildman–Crippen MR) is 128 cm³/mol. The first-order chi connectivity index (χ1) is 15.5. The predicted octanol–water partition coefficient (Wildman–Crippen LogP) is 1.97. The number of benzene rings is 2. The molecule has 0 saturated heterocycles. The van der Waals surface area contributed by atoms with Gasteiger partial charge in [0.1, 0.15) is 11.8 Å². The first-order valence-electron chi connectivity index (χ1n) is 9.91. The Morgan fingerprint density at radius 1 is 1.19 bits per heavy atom. The summed E-state index contributed by atoms with van der Waals surface area (Å²) in [5, 5.41) is 3.54. The Hall–Kier alpha value is -3.78. The van der Waals surface area contributed by atoms with Gasteiger partial charge in [-0.3, -0.25) is 9.59 Å². The molecule has 4 rings (SSSR count). The van der Waals surface area contributed by atoms with Gasteiger partial charge in [0.2, 0.25) is 5.91 Å². The molecule has 1 aromatic heterocycles. The zero-order valence-corrected chi connectivity index (χ0v) is 18.5. The molecule has 0 saturated carbocycles. The molecule has 2 heterocycles. The lowest BCUT2D eigenvalue weighted by atomic mass is 10.2. The van der Waals surface area contributed by atoms with Crippen molar-refractivity contribution in [2.24, 2.45) is 4.99 Å². The first-order valence-corrected chi connectivity index (χ1v) is 11.1. The Labute approximate surface area is 189 Å². The van der Waals surface area contributed by atoms with Crippen molar-refractivity contribution in [3.05, 3.63) is 92.7 Å². The van der Waals surface area contributed by atoms with Gasteiger partial charge in [0.05, 0.1) is 0 Å². The standard InChI is InChI=1S/C24H22N4O3S/c1-15-12-16(2)28(14-20(29)25-18-10-7-11-19(13-18)32-3)24(30)21(15)23-26-22(27-31-23)17-8-5-4-6-9-17/h4-13H,1,14H2,2-3H3,(H,25,29)(H,26,27). The Bertz CT molecular complexity index is 1380. The number of hydroxylamine groups is 1. The Morgan fingerprint density at radius 2 is 1.97 bits per heavy atom. The molecule has 0 unspecified atom stereocenters. The topological polar surface area (TPSA) is 84.7 Å². The Kier molecular flexibility index (Phi) is 6.13. The molecule has 0 spiro atoms. The van der Waals surface area contributed by atoms with Crippen molar-refractivity contribution in [2.75, 3.05) is 11.6 Å². The molecule has 1 aliphatic heterocycles. The third kappa shape index (κ3) is 4.45. The number of aromatic nitrogens is 1. The summed E-state index contributed by atoms with van der Waals surface area (Å²) in [6, 6.07) is 18.7. The number of aryl methyl sites for hydroxylation is 1. The van der Waals surface area contributed by atoms with E-state index in [-0.39, 0.29) is 23.6 Å². The van der Waals surface area contributed by atoms with E-state index in [2.05, 4.69) is 22.4 Å². The summed E-state index contributed by atoms with van der Waals surface area (Å²) in [6.45, 7) is 5.60. The van der Waals surface area contributed by atoms with Gasteiger partial charge >= 0.3 is 0 Å². The second-order valence-electron chi connectivity index (χ2n) is 7.19. The highest BCUT2D eigenvalue weighted by Crippen LogP contribution is 2.19. The van der Waals surface area contributed by atoms with Gasteiger partial charge in [-0.1, -0.05) is 43.0 Å². The smallest absolute Gasteiger partial charge is 0.264 e. The van der Waals surface area contributed by atoms with Crippen LogP contribution in [0.4, 0.5) is 5.69 Å². The molecule has 0 atom stereocenters. The number of carbonyl (C=O) groups is 1. The van der Waals surface area contributed by atoms with Crippen LogP contribution in [0.5, 0.6) is 0 Å². The second kappa shape index (κ2) is 9.15. The number of nitrogens with one attached hydrogen (secondary N) is 2. The fraction of sp³-hybridized carbons (Fsp3) is 0.125. The number of amides is 1. The van der Waals surface area contributed by atoms with Crippen LogP contribution in [0.3, 0.4) is 0 Å². The number of amidine groups is 1. The molecule has 3 aromatic rings. The van der Waals surface area contributed by atoms with Crippen LogP contribution in [0.2, 0.25) is 0 Å². The fourth-order valence-corrected chi connectivity index (χ4v) is 3.83. The van der Waals surface area contributed by atoms with Crippen LogP contribution >= 0.6 is 11.8 Å². The number of hydrogen-bond acceptors (Lipinski definition) is 6. The molecule has 7 nitrogen and oxygen atoms in total. The van der Waals surface area contributed by atoms with E-state index in [1.165, 1.54) is 4.57 Å². The number of hydrogen-bond donors (Lipinski definition) is 2. The van der Waals surface area contributed by atoms with Gasteiger partial charge in [0.25, 0.3) is 11.4 Å². The number of nitrogens with zero attached hydrogens (tertiary/aromatic N) is 2. The summed E-state index contributed by atoms with van der Waals surface area (Å²) in [5.74, 6) is 0.318. The molecular weight excluding hydrogens is 424 g/mol. The van der Waals surface area contributed by atoms with E-state index in [0.717, 1.165) is 10.5 Å². The third-order valence-electron chi connectivity index (χ3n) is 4.96. The summed E-state index contributed by atoms with van der Waals surface area (Å²) in [4.78, 5) is 36.9. The van der Waals surface area contributed by atoms with E-state index in [1.807, 2.05) is 60.9 Å². The fourth-order valence-electron chi connectivity index (χ4n) is 3.38. The van der Waals surface area contributed by atoms with Crippen molar-refractivity contribution >= 4 is 41.7 Å². The first kappa shape index (κ1) is 21.5. The van der Waals surface area contributed by atoms with E-state index in [0.29, 0.717) is 22.4 Å². The highest BCUT2D eigenvalue weighted by Gasteiger charge is 2.18. The Balaban J connectivity index is 1.68. The second-order valence-corrected chi connectivity index (χ2v) is 8.07. The van der Waals surface area contributed by atoms with Gasteiger partial charge in [-0.25, -0.2) is 5.48 Å². The molecular formula is C24H22N4O3S. The molecule has 0 fully saturated rings. The number of anilines is 1. The van der Waals surface area contributed by atoms with Crippen LogP contribution in [0, 0.1) is 6.92 Å². The molecule has 0 radical (unpaired) electrons. The zero-order valence-electron chi connectivity index (χ0n) is 17.7. The minimum atomic E-state index is -0.391. The lowest BCUT2D eigenvalue weighted by Crippen LogP contribution is -2.47. The van der Waals surface area contributed by atoms with Crippen molar-refractivity contribution in [1.82, 2.24) is 10.0 Å². The highest BCUT2D eigenvalue weighted by atomic mass is 32.2. The van der Waals surface area contributed by atoms with Crippen molar-refractivity contribution in [2.45, 2.75) is 18.4 Å². The molecule has 0 aliphatic carbocycles. The van der Waals surface area contributed by atoms with Crippen molar-refractivity contribution in [1.29, 1.82) is 0 Å². The van der Waals surface area contributed by atoms with E-state index < -0.39 is 5.56 Å². The maximum Gasteiger partial charge on any atom is 0.264 e. The molecule has 2 aromatic carbocycles. The number of carbonyl (C=O) groups excluding carboxylic acids is 1. The average molecular weight is 447 g/mol. The monoisotopic (exact) mass is 446 g/mol. The van der Waals surface area contributed by atoms with Gasteiger partial charge in [-0.2, -0.15) is 4.99 Å². The summed E-state index contributed by atoms with van der Waals surface area (Å²) < 4.78 is 1.39. The van der Waals surface area contributed by atoms with Crippen LogP contribution in [0.25, 0.3) is 12.5 Å². The van der Waals surface area contributed by atoms with E-state index in [1.54, 1.807) is 24.8 Å². The lowest BCUT2D eigenvalue weighted by molar-refractivity contribution is -0.116. The maximum absolute atomic E-state index is 13.3. The van der Waals surface area contributed by atoms with Gasteiger partial charge in [-0.15, -0.1) is 11.8 Å². The summed E-state index contributed by atoms with van der Waals surface area (Å²) in [6.07, 6.45) is 1.97. The molecule has 0 bridgehead atoms. The number of aliphatic imine (C=N–C) groups is 1. The SMILES string of the molecule is C=c1cc(C)n(CC(=O)Nc2cccc(SC)c2)c(=O)c1=C1N=C(c2ccccc2)NO1. The van der Waals surface area contributed by atoms with E-state index in [9.17, 15) is 9.59 Å². The van der Waals surface area contributed by atoms with E-state index >= 15 is 0 Å². The Morgan fingerprint density at radius 3 is 2.72 bits per heavy atom. The van der Waals surface area contributed by atoms with Crippen LogP contribution in [-0.2, 0) is 16.2 Å². The zero-order chi connectivity index (χ0) is 22.7. The van der Waals surface area contributed by atoms with Crippen LogP contribution in [0.1, 0.15) is 11.3 Å². The number of pyridine rings is 1. The van der Waals surface area contributed by atoms with Crippen LogP contribution in [-0.4, -0.2) is 22.6 Å². The number of thioether (sulfide) groups is 1. The van der Waals surface area contributed by atoms with Crippen LogP contribution in [0.15, 0.2) is 75.3 Å². The van der Waals surface area contributed by atoms with Crippen molar-refractivity contribution in [3.8, 4) is 0 Å². The van der Waals surface area contributed by atoms with Crippen molar-refractivity contribution < 1.29 is 9.63 Å². The minimum Gasteiger partial charge on any atom is -0.359 e. The minimum absolute atomic E-state index is 0.126. The van der Waals surface area contributed by atoms with Gasteiger partial charge in [0, 0.05) is 21.8 Å². The maximum atomic E-state index is 13.3. The summed E-state index contributed by atoms with van der Waals surface area (Å²) >= 11 is 1.59. The molecule has 8 heteroatoms. The van der Waals surface area contributed by atoms with Gasteiger partial charge < -0.3 is 14.7 Å². The summed E-state index contributed by atoms with van der Waals surface area (Å²) in [7, 11) is 0. The summed E-state index contributed by atoms with van der Waals surface area (Å²) in [5.41, 5.74) is 4.48. The van der Waals surface area contributed by atoms with Gasteiger partial charge in [0.15, 0.2) is 5.84 Å². The average Bonchev–Trinajstić information content (AvgIpc) is 3.27. The molecule has 32 heavy (non-hydrogen) atoms. The van der Waals surface area contributed by atoms with Crippen LogP contribution < -0.4 is 26.8 Å². The number of rotatable bonds is 5. The molecule has 1 amide bonds. The van der Waals surface area contributed by atoms with Crippen molar-refractivity contribution in [3.63, 3.8) is 0 Å². The normalized spacial score (nSPS) is 14.4. The lowest BCUT2D eigenvalue weighted by Gasteiger charge is -2.11. The molecule has 2 N–H and O–H groups in total. The quantitative estimate of drug-likeness (QED) is 0.586. The molecule has 162 valence electrons. The van der Waals surface area contributed by atoms with Gasteiger partial charge in [-0.05, 0) is 42.7 Å². The third-order valence-corrected chi connectivity index (χ3v) is 5.69. The molecule has 1 aliphatic rings.